The molecule has 0 aromatic carbocycles. The molecule has 1 aliphatic carbocycles. The largest absolute Gasteiger partial charge is 0.500 e. The molecule has 0 heterocycles. The van der Waals surface area contributed by atoms with Gasteiger partial charge in [0.2, 0.25) is 0 Å². The van der Waals surface area contributed by atoms with Crippen molar-refractivity contribution >= 4 is 14.6 Å². The van der Waals surface area contributed by atoms with Crippen LogP contribution in [0, 0.1) is 5.41 Å². The topological polar surface area (TPSA) is 44.8 Å². The minimum atomic E-state index is -2.05. The van der Waals surface area contributed by atoms with Crippen LogP contribution >= 0.6 is 0 Å². The van der Waals surface area contributed by atoms with E-state index in [-0.39, 0.29) is 0 Å². The van der Waals surface area contributed by atoms with Gasteiger partial charge in [0.25, 0.3) is 0 Å². The first kappa shape index (κ1) is 22.0. The van der Waals surface area contributed by atoms with Crippen molar-refractivity contribution < 1.29 is 18.7 Å². The van der Waals surface area contributed by atoms with E-state index >= 15 is 0 Å². The summed E-state index contributed by atoms with van der Waals surface area (Å²) in [6.07, 6.45) is 6.04. The van der Waals surface area contributed by atoms with Crippen LogP contribution in [-0.4, -0.2) is 35.4 Å². The number of allylic oxidation sites excluding steroid dienone is 2. The van der Waals surface area contributed by atoms with Crippen LogP contribution in [0.1, 0.15) is 54.4 Å². The Bertz CT molecular complexity index is 464. The molecule has 0 aromatic heterocycles. The van der Waals surface area contributed by atoms with E-state index in [2.05, 4.69) is 41.5 Å². The molecule has 4 nitrogen and oxygen atoms in total. The van der Waals surface area contributed by atoms with Gasteiger partial charge in [0.1, 0.15) is 23.2 Å². The van der Waals surface area contributed by atoms with E-state index < -0.39 is 13.7 Å². The molecule has 25 heavy (non-hydrogen) atoms. The molecule has 0 spiro atoms. The first-order valence-corrected chi connectivity index (χ1v) is 11.4. The van der Waals surface area contributed by atoms with Gasteiger partial charge in [-0.2, -0.15) is 0 Å². The van der Waals surface area contributed by atoms with Gasteiger partial charge in [0.15, 0.2) is 8.32 Å². The lowest BCUT2D eigenvalue weighted by molar-refractivity contribution is -0.110. The van der Waals surface area contributed by atoms with Gasteiger partial charge in [-0.05, 0) is 35.2 Å². The predicted octanol–water partition coefficient (Wildman–Crippen LogP) is 5.22. The quantitative estimate of drug-likeness (QED) is 0.392. The number of hydrogen-bond acceptors (Lipinski definition) is 4. The van der Waals surface area contributed by atoms with Gasteiger partial charge in [-0.3, -0.25) is 0 Å². The summed E-state index contributed by atoms with van der Waals surface area (Å²) in [5.74, 6) is 1.55. The maximum Gasteiger partial charge on any atom is 0.200 e. The van der Waals surface area contributed by atoms with Crippen LogP contribution in [0.3, 0.4) is 0 Å². The molecular weight excluding hydrogens is 332 g/mol. The number of carbonyl (C=O) groups excluding carboxylic acids is 1. The predicted molar refractivity (Wildman–Crippen MR) is 105 cm³/mol. The second-order valence-corrected chi connectivity index (χ2v) is 13.3. The van der Waals surface area contributed by atoms with E-state index in [1.807, 2.05) is 12.2 Å². The Morgan fingerprint density at radius 2 is 1.44 bits per heavy atom. The normalized spacial score (nSPS) is 17.6. The Morgan fingerprint density at radius 1 is 1.00 bits per heavy atom. The van der Waals surface area contributed by atoms with E-state index in [0.717, 1.165) is 24.2 Å². The van der Waals surface area contributed by atoms with E-state index in [4.69, 9.17) is 13.9 Å². The van der Waals surface area contributed by atoms with Gasteiger partial charge in [-0.1, -0.05) is 41.5 Å². The van der Waals surface area contributed by atoms with Crippen molar-refractivity contribution in [1.29, 1.82) is 0 Å². The Balaban J connectivity index is 3.31. The lowest BCUT2D eigenvalue weighted by Crippen LogP contribution is -2.51. The maximum absolute atomic E-state index is 11.5. The first-order valence-electron chi connectivity index (χ1n) is 9.29. The minimum Gasteiger partial charge on any atom is -0.500 e. The average Bonchev–Trinajstić information content (AvgIpc) is 2.54. The van der Waals surface area contributed by atoms with Gasteiger partial charge in [0.05, 0.1) is 20.8 Å². The summed E-state index contributed by atoms with van der Waals surface area (Å²) in [4.78, 5) is 11.5. The fourth-order valence-electron chi connectivity index (χ4n) is 4.64. The minimum absolute atomic E-state index is 0.297. The van der Waals surface area contributed by atoms with Crippen LogP contribution < -0.4 is 0 Å². The second kappa shape index (κ2) is 9.04. The third-order valence-corrected chi connectivity index (χ3v) is 11.8. The molecule has 0 bridgehead atoms. The van der Waals surface area contributed by atoms with Crippen LogP contribution in [-0.2, 0) is 18.7 Å². The van der Waals surface area contributed by atoms with Crippen LogP contribution in [0.4, 0.5) is 0 Å². The highest BCUT2D eigenvalue weighted by atomic mass is 28.4. The van der Waals surface area contributed by atoms with Crippen molar-refractivity contribution in [2.45, 2.75) is 71.0 Å². The van der Waals surface area contributed by atoms with Crippen LogP contribution in [0.25, 0.3) is 0 Å². The zero-order valence-electron chi connectivity index (χ0n) is 17.2. The Morgan fingerprint density at radius 3 is 1.76 bits per heavy atom. The average molecular weight is 369 g/mol. The molecule has 0 amide bonds. The van der Waals surface area contributed by atoms with Gasteiger partial charge < -0.3 is 18.7 Å². The lowest BCUT2D eigenvalue weighted by atomic mass is 9.78. The molecule has 0 aromatic rings. The summed E-state index contributed by atoms with van der Waals surface area (Å²) in [7, 11) is 1.26. The molecule has 0 aliphatic heterocycles. The Hall–Kier alpha value is -1.07. The van der Waals surface area contributed by atoms with E-state index in [9.17, 15) is 4.79 Å². The standard InChI is InChI=1S/C20H36O4Si/c1-15(2)25(16(3)4,17(5)6)24-14-20(12-13-21)18(22-7)10-9-11-19(20)23-8/h10-11,13,15-17H,9,12,14H2,1-8H3. The highest BCUT2D eigenvalue weighted by Gasteiger charge is 2.49. The molecule has 1 aliphatic rings. The van der Waals surface area contributed by atoms with Crippen molar-refractivity contribution in [3.63, 3.8) is 0 Å². The number of aldehydes is 1. The molecule has 0 unspecified atom stereocenters. The molecule has 0 saturated carbocycles. The van der Waals surface area contributed by atoms with Crippen molar-refractivity contribution in [2.24, 2.45) is 5.41 Å². The molecule has 0 N–H and O–H groups in total. The van der Waals surface area contributed by atoms with Crippen molar-refractivity contribution in [2.75, 3.05) is 20.8 Å². The number of carbonyl (C=O) groups is 1. The smallest absolute Gasteiger partial charge is 0.200 e. The summed E-state index contributed by atoms with van der Waals surface area (Å²) < 4.78 is 18.1. The molecule has 0 fully saturated rings. The number of methoxy groups -OCH3 is 2. The fourth-order valence-corrected chi connectivity index (χ4v) is 10.1. The zero-order valence-corrected chi connectivity index (χ0v) is 18.2. The number of rotatable bonds is 10. The SMILES string of the molecule is COC1=CCC=C(OC)C1(CC=O)CO[Si](C(C)C)(C(C)C)C(C)C. The zero-order chi connectivity index (χ0) is 19.3. The van der Waals surface area contributed by atoms with Crippen molar-refractivity contribution in [1.82, 2.24) is 0 Å². The van der Waals surface area contributed by atoms with Gasteiger partial charge in [-0.25, -0.2) is 0 Å². The molecule has 0 atom stereocenters. The molecule has 0 radical (unpaired) electrons. The molecule has 144 valence electrons. The summed E-state index contributed by atoms with van der Waals surface area (Å²) >= 11 is 0. The highest BCUT2D eigenvalue weighted by Crippen LogP contribution is 2.47. The van der Waals surface area contributed by atoms with E-state index in [1.54, 1.807) is 14.2 Å². The summed E-state index contributed by atoms with van der Waals surface area (Å²) in [5, 5.41) is 0. The summed E-state index contributed by atoms with van der Waals surface area (Å²) in [6, 6.07) is 0. The number of ether oxygens (including phenoxy) is 2. The molecule has 0 saturated heterocycles. The summed E-state index contributed by atoms with van der Waals surface area (Å²) in [6.45, 7) is 14.0. The lowest BCUT2D eigenvalue weighted by Gasteiger charge is -2.46. The fraction of sp³-hybridized carbons (Fsp3) is 0.750. The van der Waals surface area contributed by atoms with Gasteiger partial charge >= 0.3 is 0 Å². The Kier molecular flexibility index (Phi) is 7.94. The monoisotopic (exact) mass is 368 g/mol. The van der Waals surface area contributed by atoms with E-state index in [0.29, 0.717) is 29.7 Å². The van der Waals surface area contributed by atoms with Crippen LogP contribution in [0.5, 0.6) is 0 Å². The van der Waals surface area contributed by atoms with Crippen molar-refractivity contribution in [3.8, 4) is 0 Å². The van der Waals surface area contributed by atoms with Crippen molar-refractivity contribution in [3.05, 3.63) is 23.7 Å². The third kappa shape index (κ3) is 4.03. The molecule has 1 rings (SSSR count). The summed E-state index contributed by atoms with van der Waals surface area (Å²) in [5.41, 5.74) is 0.790. The highest BCUT2D eigenvalue weighted by molar-refractivity contribution is 6.77. The van der Waals surface area contributed by atoms with E-state index in [1.165, 1.54) is 0 Å². The second-order valence-electron chi connectivity index (χ2n) is 7.84. The molecular formula is C20H36O4Si. The van der Waals surface area contributed by atoms with Gasteiger partial charge in [-0.15, -0.1) is 0 Å². The molecule has 5 heteroatoms. The van der Waals surface area contributed by atoms with Crippen LogP contribution in [0.15, 0.2) is 23.7 Å². The van der Waals surface area contributed by atoms with Crippen LogP contribution in [0.2, 0.25) is 16.6 Å². The first-order chi connectivity index (χ1) is 11.7. The maximum atomic E-state index is 11.5. The number of hydrogen-bond donors (Lipinski definition) is 0. The third-order valence-electron chi connectivity index (χ3n) is 5.70. The van der Waals surface area contributed by atoms with Gasteiger partial charge in [0, 0.05) is 6.42 Å². The Labute approximate surface area is 154 Å².